The zero-order valence-corrected chi connectivity index (χ0v) is 13.1. The standard InChI is InChI=1S/C17H30N2/c1-15(2)14-18-11-13-19(4)12-7-10-17-9-6-5-8-16(17)3/h5-6,8-9,15,18H,7,10-14H2,1-4H3. The molecule has 0 spiro atoms. The van der Waals surface area contributed by atoms with E-state index in [1.807, 2.05) is 0 Å². The average molecular weight is 262 g/mol. The van der Waals surface area contributed by atoms with Gasteiger partial charge in [-0.1, -0.05) is 38.1 Å². The molecule has 0 amide bonds. The minimum atomic E-state index is 0.742. The summed E-state index contributed by atoms with van der Waals surface area (Å²) in [5, 5.41) is 3.49. The van der Waals surface area contributed by atoms with Gasteiger partial charge in [0.15, 0.2) is 0 Å². The molecule has 0 radical (unpaired) electrons. The Bertz CT molecular complexity index is 347. The van der Waals surface area contributed by atoms with Gasteiger partial charge in [-0.3, -0.25) is 0 Å². The maximum atomic E-state index is 3.49. The normalized spacial score (nSPS) is 11.5. The van der Waals surface area contributed by atoms with Crippen molar-refractivity contribution < 1.29 is 0 Å². The van der Waals surface area contributed by atoms with Gasteiger partial charge in [-0.05, 0) is 56.9 Å². The van der Waals surface area contributed by atoms with Gasteiger partial charge in [-0.15, -0.1) is 0 Å². The minimum absolute atomic E-state index is 0.742. The molecule has 0 aliphatic carbocycles. The molecule has 0 unspecified atom stereocenters. The van der Waals surface area contributed by atoms with Crippen LogP contribution < -0.4 is 5.32 Å². The van der Waals surface area contributed by atoms with E-state index in [2.05, 4.69) is 62.3 Å². The summed E-state index contributed by atoms with van der Waals surface area (Å²) in [5.74, 6) is 0.742. The minimum Gasteiger partial charge on any atom is -0.315 e. The second-order valence-electron chi connectivity index (χ2n) is 5.93. The second kappa shape index (κ2) is 9.11. The number of hydrogen-bond donors (Lipinski definition) is 1. The first kappa shape index (κ1) is 16.2. The molecule has 1 N–H and O–H groups in total. The molecule has 0 aliphatic rings. The summed E-state index contributed by atoms with van der Waals surface area (Å²) in [6.07, 6.45) is 2.43. The Morgan fingerprint density at radius 2 is 1.89 bits per heavy atom. The molecule has 0 aromatic heterocycles. The molecule has 1 aromatic carbocycles. The number of likely N-dealkylation sites (N-methyl/N-ethyl adjacent to an activating group) is 1. The Balaban J connectivity index is 2.10. The highest BCUT2D eigenvalue weighted by Crippen LogP contribution is 2.09. The first-order valence-electron chi connectivity index (χ1n) is 7.53. The van der Waals surface area contributed by atoms with Crippen molar-refractivity contribution in [3.05, 3.63) is 35.4 Å². The maximum Gasteiger partial charge on any atom is 0.0104 e. The Kier molecular flexibility index (Phi) is 7.76. The maximum absolute atomic E-state index is 3.49. The van der Waals surface area contributed by atoms with E-state index < -0.39 is 0 Å². The highest BCUT2D eigenvalue weighted by atomic mass is 15.1. The molecule has 108 valence electrons. The number of nitrogens with one attached hydrogen (secondary N) is 1. The molecule has 0 saturated heterocycles. The molecule has 0 atom stereocenters. The van der Waals surface area contributed by atoms with E-state index in [0.29, 0.717) is 0 Å². The number of rotatable bonds is 9. The van der Waals surface area contributed by atoms with Gasteiger partial charge in [0.05, 0.1) is 0 Å². The average Bonchev–Trinajstić information content (AvgIpc) is 2.37. The fraction of sp³-hybridized carbons (Fsp3) is 0.647. The van der Waals surface area contributed by atoms with Gasteiger partial charge < -0.3 is 10.2 Å². The van der Waals surface area contributed by atoms with E-state index in [9.17, 15) is 0 Å². The molecule has 2 nitrogen and oxygen atoms in total. The molecular formula is C17H30N2. The monoisotopic (exact) mass is 262 g/mol. The summed E-state index contributed by atoms with van der Waals surface area (Å²) in [6, 6.07) is 8.71. The first-order chi connectivity index (χ1) is 9.09. The van der Waals surface area contributed by atoms with Crippen molar-refractivity contribution in [1.82, 2.24) is 10.2 Å². The third-order valence-corrected chi connectivity index (χ3v) is 3.47. The fourth-order valence-corrected chi connectivity index (χ4v) is 2.20. The van der Waals surface area contributed by atoms with Crippen molar-refractivity contribution in [3.63, 3.8) is 0 Å². The number of hydrogen-bond acceptors (Lipinski definition) is 2. The molecule has 1 aromatic rings. The summed E-state index contributed by atoms with van der Waals surface area (Å²) >= 11 is 0. The van der Waals surface area contributed by atoms with E-state index in [0.717, 1.165) is 25.6 Å². The van der Waals surface area contributed by atoms with Crippen LogP contribution in [0.5, 0.6) is 0 Å². The lowest BCUT2D eigenvalue weighted by molar-refractivity contribution is 0.324. The Morgan fingerprint density at radius 3 is 2.58 bits per heavy atom. The predicted molar refractivity (Wildman–Crippen MR) is 84.7 cm³/mol. The molecule has 1 rings (SSSR count). The second-order valence-corrected chi connectivity index (χ2v) is 5.93. The van der Waals surface area contributed by atoms with Crippen LogP contribution >= 0.6 is 0 Å². The van der Waals surface area contributed by atoms with Crippen LogP contribution in [0.3, 0.4) is 0 Å². The lowest BCUT2D eigenvalue weighted by atomic mass is 10.0. The summed E-state index contributed by atoms with van der Waals surface area (Å²) in [4.78, 5) is 2.42. The summed E-state index contributed by atoms with van der Waals surface area (Å²) in [5.41, 5.74) is 2.91. The van der Waals surface area contributed by atoms with Crippen LogP contribution in [-0.2, 0) is 6.42 Å². The fourth-order valence-electron chi connectivity index (χ4n) is 2.20. The Hall–Kier alpha value is -0.860. The van der Waals surface area contributed by atoms with Crippen molar-refractivity contribution >= 4 is 0 Å². The topological polar surface area (TPSA) is 15.3 Å². The molecular weight excluding hydrogens is 232 g/mol. The van der Waals surface area contributed by atoms with Gasteiger partial charge in [0.25, 0.3) is 0 Å². The van der Waals surface area contributed by atoms with Gasteiger partial charge in [-0.25, -0.2) is 0 Å². The molecule has 0 heterocycles. The quantitative estimate of drug-likeness (QED) is 0.688. The van der Waals surface area contributed by atoms with Crippen molar-refractivity contribution in [3.8, 4) is 0 Å². The number of benzene rings is 1. The van der Waals surface area contributed by atoms with Crippen LogP contribution in [-0.4, -0.2) is 38.1 Å². The van der Waals surface area contributed by atoms with Crippen molar-refractivity contribution in [2.24, 2.45) is 5.92 Å². The smallest absolute Gasteiger partial charge is 0.0104 e. The number of nitrogens with zero attached hydrogens (tertiary/aromatic N) is 1. The molecule has 0 aliphatic heterocycles. The van der Waals surface area contributed by atoms with Crippen LogP contribution in [0.2, 0.25) is 0 Å². The van der Waals surface area contributed by atoms with Gasteiger partial charge in [-0.2, -0.15) is 0 Å². The van der Waals surface area contributed by atoms with Crippen LogP contribution in [0, 0.1) is 12.8 Å². The highest BCUT2D eigenvalue weighted by Gasteiger charge is 2.01. The third-order valence-electron chi connectivity index (χ3n) is 3.47. The molecule has 2 heteroatoms. The largest absolute Gasteiger partial charge is 0.315 e. The molecule has 0 fully saturated rings. The molecule has 0 saturated carbocycles. The van der Waals surface area contributed by atoms with Crippen LogP contribution in [0.1, 0.15) is 31.4 Å². The van der Waals surface area contributed by atoms with E-state index in [1.165, 1.54) is 30.5 Å². The van der Waals surface area contributed by atoms with E-state index in [1.54, 1.807) is 0 Å². The van der Waals surface area contributed by atoms with E-state index in [-0.39, 0.29) is 0 Å². The Morgan fingerprint density at radius 1 is 1.16 bits per heavy atom. The van der Waals surface area contributed by atoms with Crippen molar-refractivity contribution in [1.29, 1.82) is 0 Å². The first-order valence-corrected chi connectivity index (χ1v) is 7.53. The molecule has 0 bridgehead atoms. The Labute approximate surface area is 119 Å². The van der Waals surface area contributed by atoms with Crippen LogP contribution in [0.15, 0.2) is 24.3 Å². The lowest BCUT2D eigenvalue weighted by Gasteiger charge is -2.17. The van der Waals surface area contributed by atoms with Gasteiger partial charge in [0.1, 0.15) is 0 Å². The SMILES string of the molecule is Cc1ccccc1CCCN(C)CCNCC(C)C. The highest BCUT2D eigenvalue weighted by molar-refractivity contribution is 5.25. The third kappa shape index (κ3) is 7.34. The summed E-state index contributed by atoms with van der Waals surface area (Å²) in [7, 11) is 2.22. The van der Waals surface area contributed by atoms with Crippen molar-refractivity contribution in [2.75, 3.05) is 33.2 Å². The summed E-state index contributed by atoms with van der Waals surface area (Å²) in [6.45, 7) is 11.2. The van der Waals surface area contributed by atoms with Gasteiger partial charge in [0.2, 0.25) is 0 Å². The predicted octanol–water partition coefficient (Wildman–Crippen LogP) is 3.11. The van der Waals surface area contributed by atoms with Gasteiger partial charge >= 0.3 is 0 Å². The van der Waals surface area contributed by atoms with E-state index in [4.69, 9.17) is 0 Å². The lowest BCUT2D eigenvalue weighted by Crippen LogP contribution is -2.31. The molecule has 19 heavy (non-hydrogen) atoms. The number of aryl methyl sites for hydroxylation is 2. The van der Waals surface area contributed by atoms with Gasteiger partial charge in [0, 0.05) is 13.1 Å². The van der Waals surface area contributed by atoms with Crippen LogP contribution in [0.25, 0.3) is 0 Å². The zero-order chi connectivity index (χ0) is 14.1. The zero-order valence-electron chi connectivity index (χ0n) is 13.1. The summed E-state index contributed by atoms with van der Waals surface area (Å²) < 4.78 is 0. The van der Waals surface area contributed by atoms with E-state index >= 15 is 0 Å². The van der Waals surface area contributed by atoms with Crippen molar-refractivity contribution in [2.45, 2.75) is 33.6 Å². The van der Waals surface area contributed by atoms with Crippen LogP contribution in [0.4, 0.5) is 0 Å².